The maximum Gasteiger partial charge on any atom is 0.251 e. The Morgan fingerprint density at radius 2 is 1.94 bits per heavy atom. The molecule has 3 nitrogen and oxygen atoms in total. The first kappa shape index (κ1) is 13.0. The highest BCUT2D eigenvalue weighted by Crippen LogP contribution is 2.36. The molecule has 2 rings (SSSR count). The zero-order valence-corrected chi connectivity index (χ0v) is 10.4. The number of carbonyl (C=O) groups is 1. The Morgan fingerprint density at radius 1 is 1.28 bits per heavy atom. The van der Waals surface area contributed by atoms with E-state index in [1.807, 2.05) is 0 Å². The Labute approximate surface area is 106 Å². The van der Waals surface area contributed by atoms with Gasteiger partial charge in [0.1, 0.15) is 5.82 Å². The lowest BCUT2D eigenvalue weighted by molar-refractivity contribution is 0.0996. The quantitative estimate of drug-likeness (QED) is 0.865. The van der Waals surface area contributed by atoms with Gasteiger partial charge in [-0.1, -0.05) is 25.3 Å². The van der Waals surface area contributed by atoms with E-state index in [1.165, 1.54) is 12.5 Å². The summed E-state index contributed by atoms with van der Waals surface area (Å²) in [5.41, 5.74) is 12.3. The molecule has 1 aliphatic rings. The van der Waals surface area contributed by atoms with Gasteiger partial charge in [0.05, 0.1) is 5.56 Å². The summed E-state index contributed by atoms with van der Waals surface area (Å²) in [6.45, 7) is 0.293. The Balaban J connectivity index is 2.47. The van der Waals surface area contributed by atoms with Gasteiger partial charge in [-0.25, -0.2) is 4.39 Å². The molecule has 0 aromatic heterocycles. The molecule has 1 aliphatic carbocycles. The normalized spacial score (nSPS) is 16.8. The van der Waals surface area contributed by atoms with Crippen molar-refractivity contribution in [1.82, 2.24) is 0 Å². The first-order chi connectivity index (χ1) is 8.65. The number of halogens is 1. The van der Waals surface area contributed by atoms with Crippen LogP contribution in [-0.2, 0) is 6.54 Å². The molecule has 1 fully saturated rings. The van der Waals surface area contributed by atoms with Crippen LogP contribution >= 0.6 is 0 Å². The molecule has 1 saturated carbocycles. The van der Waals surface area contributed by atoms with Gasteiger partial charge in [0.25, 0.3) is 5.91 Å². The molecule has 0 heterocycles. The molecule has 0 atom stereocenters. The number of carbonyl (C=O) groups excluding carboxylic acids is 1. The first-order valence-corrected chi connectivity index (χ1v) is 6.46. The Bertz CT molecular complexity index is 453. The lowest BCUT2D eigenvalue weighted by Gasteiger charge is -2.25. The number of amides is 1. The van der Waals surface area contributed by atoms with Crippen LogP contribution in [0, 0.1) is 5.82 Å². The van der Waals surface area contributed by atoms with Crippen LogP contribution in [0.2, 0.25) is 0 Å². The third kappa shape index (κ3) is 2.38. The largest absolute Gasteiger partial charge is 0.366 e. The molecule has 0 unspecified atom stereocenters. The average molecular weight is 250 g/mol. The summed E-state index contributed by atoms with van der Waals surface area (Å²) in [5, 5.41) is 0. The summed E-state index contributed by atoms with van der Waals surface area (Å²) in [6.07, 6.45) is 5.34. The summed E-state index contributed by atoms with van der Waals surface area (Å²) in [7, 11) is 0. The Morgan fingerprint density at radius 3 is 2.50 bits per heavy atom. The van der Waals surface area contributed by atoms with Crippen LogP contribution in [-0.4, -0.2) is 5.91 Å². The van der Waals surface area contributed by atoms with E-state index in [2.05, 4.69) is 0 Å². The van der Waals surface area contributed by atoms with E-state index in [4.69, 9.17) is 11.5 Å². The van der Waals surface area contributed by atoms with Gasteiger partial charge in [0.2, 0.25) is 0 Å². The summed E-state index contributed by atoms with van der Waals surface area (Å²) in [5.74, 6) is -0.998. The second-order valence-corrected chi connectivity index (χ2v) is 4.90. The van der Waals surface area contributed by atoms with Crippen LogP contribution in [0.4, 0.5) is 4.39 Å². The maximum absolute atomic E-state index is 14.4. The molecule has 0 saturated heterocycles. The topological polar surface area (TPSA) is 69.1 Å². The van der Waals surface area contributed by atoms with Crippen LogP contribution in [0.15, 0.2) is 12.1 Å². The van der Waals surface area contributed by atoms with Crippen molar-refractivity contribution in [3.05, 3.63) is 34.6 Å². The first-order valence-electron chi connectivity index (χ1n) is 6.46. The van der Waals surface area contributed by atoms with Crippen LogP contribution in [0.25, 0.3) is 0 Å². The summed E-state index contributed by atoms with van der Waals surface area (Å²) >= 11 is 0. The number of nitrogens with two attached hydrogens (primary N) is 2. The zero-order chi connectivity index (χ0) is 13.1. The molecule has 1 amide bonds. The minimum Gasteiger partial charge on any atom is -0.366 e. The minimum absolute atomic E-state index is 0.0206. The van der Waals surface area contributed by atoms with Gasteiger partial charge < -0.3 is 11.5 Å². The zero-order valence-electron chi connectivity index (χ0n) is 10.4. The van der Waals surface area contributed by atoms with Crippen molar-refractivity contribution in [3.63, 3.8) is 0 Å². The fourth-order valence-corrected chi connectivity index (χ4v) is 2.83. The molecule has 0 spiro atoms. The second-order valence-electron chi connectivity index (χ2n) is 4.90. The van der Waals surface area contributed by atoms with Crippen molar-refractivity contribution in [2.24, 2.45) is 11.5 Å². The average Bonchev–Trinajstić information content (AvgIpc) is 2.38. The van der Waals surface area contributed by atoms with E-state index in [0.29, 0.717) is 12.1 Å². The third-order valence-corrected chi connectivity index (χ3v) is 3.77. The van der Waals surface area contributed by atoms with Gasteiger partial charge in [-0.05, 0) is 36.0 Å². The number of hydrogen-bond donors (Lipinski definition) is 2. The second kappa shape index (κ2) is 5.48. The van der Waals surface area contributed by atoms with Gasteiger partial charge in [0.15, 0.2) is 0 Å². The molecule has 4 N–H and O–H groups in total. The Hall–Kier alpha value is -1.42. The van der Waals surface area contributed by atoms with E-state index in [1.54, 1.807) is 6.07 Å². The van der Waals surface area contributed by atoms with E-state index in [0.717, 1.165) is 31.2 Å². The number of benzene rings is 1. The van der Waals surface area contributed by atoms with Crippen LogP contribution in [0.5, 0.6) is 0 Å². The molecule has 0 aliphatic heterocycles. The highest BCUT2D eigenvalue weighted by molar-refractivity contribution is 5.93. The number of primary amides is 1. The minimum atomic E-state index is -0.715. The van der Waals surface area contributed by atoms with Crippen molar-refractivity contribution in [2.75, 3.05) is 0 Å². The predicted molar refractivity (Wildman–Crippen MR) is 68.6 cm³/mol. The summed E-state index contributed by atoms with van der Waals surface area (Å²) in [4.78, 5) is 11.2. The summed E-state index contributed by atoms with van der Waals surface area (Å²) in [6, 6.07) is 3.17. The van der Waals surface area contributed by atoms with Gasteiger partial charge in [-0.2, -0.15) is 0 Å². The fourth-order valence-electron chi connectivity index (χ4n) is 2.83. The maximum atomic E-state index is 14.4. The molecule has 18 heavy (non-hydrogen) atoms. The molecular formula is C14H19FN2O. The van der Waals surface area contributed by atoms with Crippen molar-refractivity contribution in [1.29, 1.82) is 0 Å². The SMILES string of the molecule is NCc1ccc(C(N)=O)c(F)c1C1CCCCC1. The van der Waals surface area contributed by atoms with Gasteiger partial charge in [-0.15, -0.1) is 0 Å². The molecule has 98 valence electrons. The van der Waals surface area contributed by atoms with E-state index < -0.39 is 11.7 Å². The fraction of sp³-hybridized carbons (Fsp3) is 0.500. The van der Waals surface area contributed by atoms with Crippen molar-refractivity contribution in [2.45, 2.75) is 44.6 Å². The van der Waals surface area contributed by atoms with Gasteiger partial charge in [0, 0.05) is 6.54 Å². The van der Waals surface area contributed by atoms with E-state index >= 15 is 0 Å². The van der Waals surface area contributed by atoms with E-state index in [9.17, 15) is 9.18 Å². The van der Waals surface area contributed by atoms with Crippen molar-refractivity contribution in [3.8, 4) is 0 Å². The molecule has 1 aromatic rings. The summed E-state index contributed by atoms with van der Waals surface area (Å²) < 4.78 is 14.4. The van der Waals surface area contributed by atoms with Gasteiger partial charge in [-0.3, -0.25) is 4.79 Å². The van der Waals surface area contributed by atoms with Crippen LogP contribution in [0.3, 0.4) is 0 Å². The van der Waals surface area contributed by atoms with Crippen LogP contribution in [0.1, 0.15) is 59.5 Å². The number of rotatable bonds is 3. The monoisotopic (exact) mass is 250 g/mol. The Kier molecular flexibility index (Phi) is 3.97. The van der Waals surface area contributed by atoms with Crippen LogP contribution < -0.4 is 11.5 Å². The predicted octanol–water partition coefficient (Wildman–Crippen LogP) is 2.43. The molecular weight excluding hydrogens is 231 g/mol. The standard InChI is InChI=1S/C14H19FN2O/c15-13-11(14(17)18)7-6-10(8-16)12(13)9-4-2-1-3-5-9/h6-7,9H,1-5,8,16H2,(H2,17,18). The van der Waals surface area contributed by atoms with Crippen molar-refractivity contribution >= 4 is 5.91 Å². The lowest BCUT2D eigenvalue weighted by atomic mass is 9.81. The highest BCUT2D eigenvalue weighted by Gasteiger charge is 2.24. The van der Waals surface area contributed by atoms with Crippen molar-refractivity contribution < 1.29 is 9.18 Å². The van der Waals surface area contributed by atoms with E-state index in [-0.39, 0.29) is 11.5 Å². The smallest absolute Gasteiger partial charge is 0.251 e. The molecule has 0 radical (unpaired) electrons. The molecule has 1 aromatic carbocycles. The van der Waals surface area contributed by atoms with Gasteiger partial charge >= 0.3 is 0 Å². The third-order valence-electron chi connectivity index (χ3n) is 3.77. The lowest BCUT2D eigenvalue weighted by Crippen LogP contribution is -2.18. The molecule has 0 bridgehead atoms. The highest BCUT2D eigenvalue weighted by atomic mass is 19.1. The number of hydrogen-bond acceptors (Lipinski definition) is 2. The molecule has 4 heteroatoms.